The second kappa shape index (κ2) is 8.13. The topological polar surface area (TPSA) is 52.5 Å². The van der Waals surface area contributed by atoms with Crippen molar-refractivity contribution < 1.29 is 10.0 Å². The Morgan fingerprint density at radius 2 is 1.11 bits per heavy atom. The third-order valence-electron chi connectivity index (χ3n) is 4.69. The first-order chi connectivity index (χ1) is 13.7. The molecule has 4 rings (SSSR count). The summed E-state index contributed by atoms with van der Waals surface area (Å²) in [5.41, 5.74) is 6.18. The summed E-state index contributed by atoms with van der Waals surface area (Å²) in [6.07, 6.45) is 0. The van der Waals surface area contributed by atoms with E-state index >= 15 is 0 Å². The number of anilines is 2. The Morgan fingerprint density at radius 1 is 0.536 bits per heavy atom. The molecule has 0 saturated carbocycles. The summed E-state index contributed by atoms with van der Waals surface area (Å²) >= 11 is 0. The molecule has 4 aromatic rings. The second-order valence-electron chi connectivity index (χ2n) is 6.61. The normalized spacial score (nSPS) is 10.5. The van der Waals surface area contributed by atoms with E-state index in [-0.39, 0.29) is 0 Å². The van der Waals surface area contributed by atoms with Gasteiger partial charge < -0.3 is 15.4 Å². The average molecular weight is 365 g/mol. The largest absolute Gasteiger partial charge is 0.490 e. The molecule has 0 bridgehead atoms. The first-order valence-electron chi connectivity index (χ1n) is 9.19. The summed E-state index contributed by atoms with van der Waals surface area (Å²) in [7, 11) is -1.57. The Hall–Kier alpha value is -3.34. The Morgan fingerprint density at radius 3 is 1.71 bits per heavy atom. The third-order valence-corrected chi connectivity index (χ3v) is 4.69. The van der Waals surface area contributed by atoms with Crippen molar-refractivity contribution in [2.24, 2.45) is 0 Å². The number of benzene rings is 4. The lowest BCUT2D eigenvalue weighted by atomic mass is 9.77. The van der Waals surface area contributed by atoms with Crippen LogP contribution in [0.25, 0.3) is 22.3 Å². The minimum absolute atomic E-state index is 0.437. The molecule has 0 unspecified atom stereocenters. The number of hydrogen-bond acceptors (Lipinski definition) is 3. The smallest absolute Gasteiger partial charge is 0.423 e. The van der Waals surface area contributed by atoms with E-state index in [1.165, 1.54) is 0 Å². The van der Waals surface area contributed by atoms with Gasteiger partial charge in [0.15, 0.2) is 0 Å². The van der Waals surface area contributed by atoms with E-state index in [9.17, 15) is 10.0 Å². The molecule has 4 aromatic carbocycles. The third kappa shape index (κ3) is 3.99. The fraction of sp³-hybridized carbons (Fsp3) is 0. The highest BCUT2D eigenvalue weighted by molar-refractivity contribution is 6.60. The molecule has 0 spiro atoms. The van der Waals surface area contributed by atoms with Gasteiger partial charge in [-0.1, -0.05) is 84.9 Å². The van der Waals surface area contributed by atoms with Gasteiger partial charge in [0.2, 0.25) is 0 Å². The minimum Gasteiger partial charge on any atom is -0.423 e. The summed E-state index contributed by atoms with van der Waals surface area (Å²) in [4.78, 5) is 0. The second-order valence-corrected chi connectivity index (χ2v) is 6.61. The Kier molecular flexibility index (Phi) is 5.24. The predicted molar refractivity (Wildman–Crippen MR) is 117 cm³/mol. The SMILES string of the molecule is OB(O)c1cc(-c2ccccc2)ccc1Nc1cccc(-c2ccccc2)c1. The van der Waals surface area contributed by atoms with Gasteiger partial charge in [-0.25, -0.2) is 0 Å². The first-order valence-corrected chi connectivity index (χ1v) is 9.19. The van der Waals surface area contributed by atoms with Crippen molar-refractivity contribution in [3.05, 3.63) is 103 Å². The lowest BCUT2D eigenvalue weighted by Crippen LogP contribution is -2.32. The molecule has 0 atom stereocenters. The zero-order chi connectivity index (χ0) is 19.3. The minimum atomic E-state index is -1.57. The number of rotatable bonds is 5. The van der Waals surface area contributed by atoms with Crippen LogP contribution in [0.15, 0.2) is 103 Å². The molecule has 0 aliphatic rings. The maximum absolute atomic E-state index is 9.90. The number of hydrogen-bond donors (Lipinski definition) is 3. The van der Waals surface area contributed by atoms with Gasteiger partial charge in [0, 0.05) is 16.8 Å². The van der Waals surface area contributed by atoms with Crippen molar-refractivity contribution >= 4 is 24.0 Å². The van der Waals surface area contributed by atoms with Gasteiger partial charge in [-0.05, 0) is 40.5 Å². The maximum Gasteiger partial charge on any atom is 0.490 e. The Labute approximate surface area is 165 Å². The molecule has 0 saturated heterocycles. The van der Waals surface area contributed by atoms with E-state index in [1.807, 2.05) is 84.9 Å². The monoisotopic (exact) mass is 365 g/mol. The van der Waals surface area contributed by atoms with Crippen LogP contribution < -0.4 is 10.8 Å². The molecule has 0 fully saturated rings. The van der Waals surface area contributed by atoms with E-state index in [0.29, 0.717) is 11.2 Å². The summed E-state index contributed by atoms with van der Waals surface area (Å²) in [6, 6.07) is 33.8. The van der Waals surface area contributed by atoms with E-state index in [2.05, 4.69) is 23.5 Å². The molecule has 0 aromatic heterocycles. The van der Waals surface area contributed by atoms with Crippen LogP contribution in [-0.4, -0.2) is 17.2 Å². The van der Waals surface area contributed by atoms with E-state index in [0.717, 1.165) is 27.9 Å². The van der Waals surface area contributed by atoms with Crippen LogP contribution in [0.3, 0.4) is 0 Å². The van der Waals surface area contributed by atoms with Crippen molar-refractivity contribution in [1.82, 2.24) is 0 Å². The summed E-state index contributed by atoms with van der Waals surface area (Å²) < 4.78 is 0. The summed E-state index contributed by atoms with van der Waals surface area (Å²) in [5.74, 6) is 0. The van der Waals surface area contributed by atoms with Crippen LogP contribution >= 0.6 is 0 Å². The molecule has 0 amide bonds. The summed E-state index contributed by atoms with van der Waals surface area (Å²) in [5, 5.41) is 23.1. The van der Waals surface area contributed by atoms with Crippen LogP contribution in [0.5, 0.6) is 0 Å². The van der Waals surface area contributed by atoms with Gasteiger partial charge in [0.25, 0.3) is 0 Å². The number of nitrogens with one attached hydrogen (secondary N) is 1. The maximum atomic E-state index is 9.90. The standard InChI is InChI=1S/C24H20BNO2/c27-25(28)23-17-21(19-10-5-2-6-11-19)14-15-24(23)26-22-13-7-12-20(16-22)18-8-3-1-4-9-18/h1-17,26-28H. The quantitative estimate of drug-likeness (QED) is 0.458. The molecule has 0 radical (unpaired) electrons. The highest BCUT2D eigenvalue weighted by atomic mass is 16.4. The van der Waals surface area contributed by atoms with Crippen molar-refractivity contribution in [3.8, 4) is 22.3 Å². The van der Waals surface area contributed by atoms with Gasteiger partial charge in [-0.15, -0.1) is 0 Å². The molecule has 0 aliphatic carbocycles. The molecule has 28 heavy (non-hydrogen) atoms. The molecule has 3 nitrogen and oxygen atoms in total. The molecule has 3 N–H and O–H groups in total. The van der Waals surface area contributed by atoms with Gasteiger partial charge in [0.1, 0.15) is 0 Å². The van der Waals surface area contributed by atoms with Gasteiger partial charge >= 0.3 is 7.12 Å². The fourth-order valence-corrected chi connectivity index (χ4v) is 3.26. The zero-order valence-corrected chi connectivity index (χ0v) is 15.3. The van der Waals surface area contributed by atoms with Crippen molar-refractivity contribution in [2.75, 3.05) is 5.32 Å². The molecule has 4 heteroatoms. The van der Waals surface area contributed by atoms with Crippen molar-refractivity contribution in [2.45, 2.75) is 0 Å². The van der Waals surface area contributed by atoms with Crippen molar-refractivity contribution in [3.63, 3.8) is 0 Å². The molecular weight excluding hydrogens is 345 g/mol. The van der Waals surface area contributed by atoms with Crippen LogP contribution in [0.4, 0.5) is 11.4 Å². The lowest BCUT2D eigenvalue weighted by Gasteiger charge is -2.15. The van der Waals surface area contributed by atoms with Gasteiger partial charge in [-0.2, -0.15) is 0 Å². The zero-order valence-electron chi connectivity index (χ0n) is 15.3. The van der Waals surface area contributed by atoms with Crippen LogP contribution in [-0.2, 0) is 0 Å². The van der Waals surface area contributed by atoms with Gasteiger partial charge in [0.05, 0.1) is 0 Å². The van der Waals surface area contributed by atoms with Crippen molar-refractivity contribution in [1.29, 1.82) is 0 Å². The highest BCUT2D eigenvalue weighted by Gasteiger charge is 2.17. The fourth-order valence-electron chi connectivity index (χ4n) is 3.26. The molecule has 0 heterocycles. The van der Waals surface area contributed by atoms with E-state index in [4.69, 9.17) is 0 Å². The van der Waals surface area contributed by atoms with E-state index < -0.39 is 7.12 Å². The van der Waals surface area contributed by atoms with Crippen LogP contribution in [0.1, 0.15) is 0 Å². The molecule has 0 aliphatic heterocycles. The first kappa shape index (κ1) is 18.0. The predicted octanol–water partition coefficient (Wildman–Crippen LogP) is 4.44. The highest BCUT2D eigenvalue weighted by Crippen LogP contribution is 2.26. The summed E-state index contributed by atoms with van der Waals surface area (Å²) in [6.45, 7) is 0. The van der Waals surface area contributed by atoms with Gasteiger partial charge in [-0.3, -0.25) is 0 Å². The Bertz CT molecular complexity index is 1070. The average Bonchev–Trinajstić information content (AvgIpc) is 2.75. The van der Waals surface area contributed by atoms with Crippen LogP contribution in [0.2, 0.25) is 0 Å². The Balaban J connectivity index is 1.66. The molecule has 136 valence electrons. The molecular formula is C24H20BNO2. The lowest BCUT2D eigenvalue weighted by molar-refractivity contribution is 0.426. The van der Waals surface area contributed by atoms with Crippen LogP contribution in [0, 0.1) is 0 Å². The van der Waals surface area contributed by atoms with E-state index in [1.54, 1.807) is 0 Å².